The smallest absolute Gasteiger partial charge is 0.121 e. The van der Waals surface area contributed by atoms with E-state index >= 15 is 0 Å². The van der Waals surface area contributed by atoms with E-state index in [1.807, 2.05) is 103 Å². The van der Waals surface area contributed by atoms with Crippen molar-refractivity contribution in [2.24, 2.45) is 0 Å². The third-order valence-electron chi connectivity index (χ3n) is 10.5. The molecule has 61 heavy (non-hydrogen) atoms. The van der Waals surface area contributed by atoms with Crippen LogP contribution >= 0.6 is 0 Å². The van der Waals surface area contributed by atoms with E-state index in [1.165, 1.54) is 10.8 Å². The van der Waals surface area contributed by atoms with Crippen LogP contribution in [0.4, 0.5) is 0 Å². The van der Waals surface area contributed by atoms with Crippen molar-refractivity contribution in [2.45, 2.75) is 26.5 Å². The summed E-state index contributed by atoms with van der Waals surface area (Å²) in [4.78, 5) is 9.29. The molecule has 0 saturated carbocycles. The van der Waals surface area contributed by atoms with Crippen molar-refractivity contribution >= 4 is 35.2 Å². The fourth-order valence-corrected chi connectivity index (χ4v) is 8.89. The fraction of sp³-hybridized carbons (Fsp3) is 0.0714. The van der Waals surface area contributed by atoms with Crippen LogP contribution in [0, 0.1) is 19.0 Å². The molecular weight excluding hydrogens is 937 g/mol. The van der Waals surface area contributed by atoms with Crippen molar-refractivity contribution in [3.05, 3.63) is 212 Å². The van der Waals surface area contributed by atoms with Gasteiger partial charge >= 0.3 is 0 Å². The summed E-state index contributed by atoms with van der Waals surface area (Å²) >= 11 is 0. The second-order valence-electron chi connectivity index (χ2n) is 15.5. The summed E-state index contributed by atoms with van der Waals surface area (Å²) in [7, 11) is -1.63. The molecule has 0 aliphatic carbocycles. The Labute approximate surface area is 384 Å². The quantitative estimate of drug-likeness (QED) is 0.118. The molecule has 0 bridgehead atoms. The number of benzene rings is 7. The van der Waals surface area contributed by atoms with Crippen LogP contribution in [-0.4, -0.2) is 18.0 Å². The van der Waals surface area contributed by atoms with E-state index in [4.69, 9.17) is 20.4 Å². The predicted octanol–water partition coefficient (Wildman–Crippen LogP) is 14.5. The van der Waals surface area contributed by atoms with Crippen LogP contribution in [0.3, 0.4) is 0 Å². The summed E-state index contributed by atoms with van der Waals surface area (Å²) in [6.07, 6.45) is 3.56. The van der Waals surface area contributed by atoms with Gasteiger partial charge in [-0.2, -0.15) is 0 Å². The van der Waals surface area contributed by atoms with E-state index in [2.05, 4.69) is 73.2 Å². The number of pyridine rings is 2. The van der Waals surface area contributed by atoms with Crippen molar-refractivity contribution in [2.75, 3.05) is 0 Å². The van der Waals surface area contributed by atoms with E-state index in [1.54, 1.807) is 24.4 Å². The maximum atomic E-state index is 8.32. The first kappa shape index (κ1) is 32.3. The minimum Gasteiger partial charge on any atom is -0.501 e. The van der Waals surface area contributed by atoms with Crippen LogP contribution in [0.25, 0.3) is 89.0 Å². The number of hydrogen-bond donors (Lipinski definition) is 0. The second-order valence-corrected chi connectivity index (χ2v) is 20.5. The Hall–Kier alpha value is -6.49. The van der Waals surface area contributed by atoms with Gasteiger partial charge in [0, 0.05) is 42.0 Å². The Kier molecular flexibility index (Phi) is 9.54. The maximum Gasteiger partial charge on any atom is 0.121 e. The average molecular weight is 989 g/mol. The molecule has 299 valence electrons. The van der Waals surface area contributed by atoms with Crippen LogP contribution in [0.15, 0.2) is 199 Å². The van der Waals surface area contributed by atoms with Gasteiger partial charge in [0.05, 0.1) is 20.5 Å². The van der Waals surface area contributed by atoms with E-state index in [0.29, 0.717) is 33.5 Å². The number of nitrogens with zero attached hydrogens (tertiary/aromatic N) is 2. The van der Waals surface area contributed by atoms with Gasteiger partial charge in [0.1, 0.15) is 5.58 Å². The first-order valence-electron chi connectivity index (χ1n) is 23.7. The topological polar surface area (TPSA) is 38.9 Å². The Morgan fingerprint density at radius 2 is 1.26 bits per heavy atom. The molecule has 7 aromatic carbocycles. The van der Waals surface area contributed by atoms with Gasteiger partial charge in [-0.15, -0.1) is 47.5 Å². The molecule has 0 spiro atoms. The van der Waals surface area contributed by atoms with Gasteiger partial charge in [0.25, 0.3) is 0 Å². The molecule has 0 N–H and O–H groups in total. The largest absolute Gasteiger partial charge is 0.501 e. The summed E-state index contributed by atoms with van der Waals surface area (Å²) in [5, 5.41) is 3.20. The van der Waals surface area contributed by atoms with E-state index in [0.717, 1.165) is 49.9 Å². The molecule has 3 aromatic heterocycles. The van der Waals surface area contributed by atoms with E-state index in [-0.39, 0.29) is 49.8 Å². The number of hydrogen-bond acceptors (Lipinski definition) is 3. The first-order valence-corrected chi connectivity index (χ1v) is 23.2. The minimum atomic E-state index is -2.22. The summed E-state index contributed by atoms with van der Waals surface area (Å²) in [6, 6.07) is 53.7. The molecule has 0 aliphatic heterocycles. The second kappa shape index (κ2) is 18.0. The fourth-order valence-electron chi connectivity index (χ4n) is 7.41. The number of aryl methyl sites for hydroxylation is 1. The van der Waals surface area contributed by atoms with Gasteiger partial charge in [-0.25, -0.2) is 0 Å². The molecule has 5 heteroatoms. The Morgan fingerprint density at radius 3 is 1.95 bits per heavy atom. The molecule has 0 aliphatic rings. The SMILES string of the molecule is [2H]C([2H])([2H])c1c[c-]c(-c2cc(-c3ccccc3)c([Si](C)(C)C)cn2)cc1-c1ccccc1.[2H]c1c([2H])c([2H])c(-c2ccnc(-c3[c-]ccc4c3oc3cc(-c5ccccc5)ccc34)c2)c([2H])c1[2H].[Ir]. The average Bonchev–Trinajstić information content (AvgIpc) is 3.74. The zero-order valence-corrected chi connectivity index (χ0v) is 37.1. The van der Waals surface area contributed by atoms with Crippen molar-refractivity contribution in [3.8, 4) is 67.0 Å². The van der Waals surface area contributed by atoms with Crippen molar-refractivity contribution in [1.82, 2.24) is 9.97 Å². The molecule has 0 unspecified atom stereocenters. The molecule has 10 aromatic rings. The third kappa shape index (κ3) is 8.87. The summed E-state index contributed by atoms with van der Waals surface area (Å²) < 4.78 is 70.8. The standard InChI is InChI=1S/C29H18NO.C27H26NSi.Ir/c1-3-8-20(9-4-1)22-14-15-24-25-12-7-13-26(29(25)31-28(24)19-22)27-18-23(16-17-30-27)21-10-5-2-6-11-21;1-20-15-16-23(17-24(20)21-11-7-5-8-12-21)26-18-25(22-13-9-6-10-14-22)27(19-28-26)29(2,3)4;/h1-12,14-19H;5-15,17-19H,1-4H3;/q2*-1;/i2D,5D,6D,10D,11D;1D3;. The number of rotatable bonds is 7. The van der Waals surface area contributed by atoms with Gasteiger partial charge in [0.15, 0.2) is 0 Å². The van der Waals surface area contributed by atoms with E-state index < -0.39 is 21.0 Å². The molecule has 10 rings (SSSR count). The van der Waals surface area contributed by atoms with Crippen LogP contribution in [0.1, 0.15) is 16.5 Å². The molecular formula is C56H44IrN2OSi-2. The van der Waals surface area contributed by atoms with Crippen LogP contribution in [-0.2, 0) is 20.1 Å². The Morgan fingerprint density at radius 1 is 0.590 bits per heavy atom. The van der Waals surface area contributed by atoms with Crippen molar-refractivity contribution in [1.29, 1.82) is 0 Å². The first-order chi connectivity index (χ1) is 32.6. The van der Waals surface area contributed by atoms with Crippen molar-refractivity contribution in [3.63, 3.8) is 0 Å². The molecule has 0 amide bonds. The van der Waals surface area contributed by atoms with Gasteiger partial charge in [-0.1, -0.05) is 188 Å². The van der Waals surface area contributed by atoms with Gasteiger partial charge in [-0.05, 0) is 67.7 Å². The maximum absolute atomic E-state index is 8.32. The molecule has 3 nitrogen and oxygen atoms in total. The third-order valence-corrected chi connectivity index (χ3v) is 12.5. The minimum absolute atomic E-state index is 0. The monoisotopic (exact) mass is 989 g/mol. The molecule has 0 saturated heterocycles. The van der Waals surface area contributed by atoms with Crippen molar-refractivity contribution < 1.29 is 35.5 Å². The molecule has 0 fully saturated rings. The normalized spacial score (nSPS) is 13.2. The summed E-state index contributed by atoms with van der Waals surface area (Å²) in [5.41, 5.74) is 11.1. The Balaban J connectivity index is 0.000000185. The summed E-state index contributed by atoms with van der Waals surface area (Å²) in [5.74, 6) is 0. The van der Waals surface area contributed by atoms with Gasteiger partial charge < -0.3 is 14.4 Å². The summed E-state index contributed by atoms with van der Waals surface area (Å²) in [6.45, 7) is 4.74. The molecule has 3 heterocycles. The molecule has 0 atom stereocenters. The number of furan rings is 1. The zero-order chi connectivity index (χ0) is 47.9. The van der Waals surface area contributed by atoms with E-state index in [9.17, 15) is 0 Å². The number of aromatic nitrogens is 2. The number of fused-ring (bicyclic) bond motifs is 3. The van der Waals surface area contributed by atoms with Crippen LogP contribution in [0.5, 0.6) is 0 Å². The van der Waals surface area contributed by atoms with Crippen LogP contribution in [0.2, 0.25) is 19.6 Å². The zero-order valence-electron chi connectivity index (χ0n) is 41.7. The molecule has 1 radical (unpaired) electrons. The van der Waals surface area contributed by atoms with Crippen LogP contribution < -0.4 is 5.19 Å². The van der Waals surface area contributed by atoms with Gasteiger partial charge in [-0.3, -0.25) is 0 Å². The Bertz CT molecular complexity index is 3360. The van der Waals surface area contributed by atoms with Gasteiger partial charge in [0.2, 0.25) is 0 Å². The predicted molar refractivity (Wildman–Crippen MR) is 254 cm³/mol.